The van der Waals surface area contributed by atoms with Gasteiger partial charge in [-0.2, -0.15) is 0 Å². The Morgan fingerprint density at radius 1 is 1.78 bits per heavy atom. The normalized spacial score (nSPS) is 11.6. The number of rotatable bonds is 3. The van der Waals surface area contributed by atoms with Crippen molar-refractivity contribution in [1.82, 2.24) is 0 Å². The first-order valence-corrected chi connectivity index (χ1v) is 2.63. The van der Waals surface area contributed by atoms with E-state index in [1.807, 2.05) is 0 Å². The van der Waals surface area contributed by atoms with E-state index in [1.165, 1.54) is 6.92 Å². The lowest BCUT2D eigenvalue weighted by molar-refractivity contribution is -0.129. The fourth-order valence-corrected chi connectivity index (χ4v) is 0.300. The first kappa shape index (κ1) is 8.10. The van der Waals surface area contributed by atoms with Gasteiger partial charge in [0.05, 0.1) is 6.54 Å². The van der Waals surface area contributed by atoms with Gasteiger partial charge in [0.25, 0.3) is 0 Å². The number of carboxylic acid groups (broad SMARTS) is 1. The van der Waals surface area contributed by atoms with Crippen LogP contribution in [0.3, 0.4) is 0 Å². The molecule has 52 valence electrons. The fourth-order valence-electron chi connectivity index (χ4n) is 0.300. The molecule has 0 radical (unpaired) electrons. The molecule has 0 aromatic heterocycles. The zero-order valence-electron chi connectivity index (χ0n) is 5.29. The summed E-state index contributed by atoms with van der Waals surface area (Å²) >= 11 is 0. The topological polar surface area (TPSA) is 75.7 Å². The quantitative estimate of drug-likeness (QED) is 0.505. The zero-order valence-corrected chi connectivity index (χ0v) is 5.29. The average molecular weight is 130 g/mol. The molecule has 0 aromatic rings. The molecule has 0 aromatic carbocycles. The number of hydrogen-bond donors (Lipinski definition) is 2. The smallest absolute Gasteiger partial charge is 0.349 e. The van der Waals surface area contributed by atoms with E-state index >= 15 is 0 Å². The Morgan fingerprint density at radius 3 is 2.67 bits per heavy atom. The van der Waals surface area contributed by atoms with Gasteiger partial charge in [-0.3, -0.25) is 4.99 Å². The summed E-state index contributed by atoms with van der Waals surface area (Å²) in [5, 5.41) is 8.24. The monoisotopic (exact) mass is 130 g/mol. The number of carbonyl (C=O) groups is 1. The van der Waals surface area contributed by atoms with E-state index in [-0.39, 0.29) is 5.71 Å². The van der Waals surface area contributed by atoms with Crippen LogP contribution in [0.15, 0.2) is 4.99 Å². The number of aliphatic imine (C=N–C) groups is 1. The summed E-state index contributed by atoms with van der Waals surface area (Å²) in [6.07, 6.45) is 0. The Kier molecular flexibility index (Phi) is 3.62. The van der Waals surface area contributed by atoms with E-state index in [9.17, 15) is 4.79 Å². The highest BCUT2D eigenvalue weighted by Gasteiger charge is 1.98. The number of hydrogen-bond acceptors (Lipinski definition) is 3. The van der Waals surface area contributed by atoms with E-state index < -0.39 is 5.97 Å². The molecule has 3 N–H and O–H groups in total. The molecule has 0 saturated carbocycles. The van der Waals surface area contributed by atoms with Gasteiger partial charge in [0.15, 0.2) is 0 Å². The van der Waals surface area contributed by atoms with Crippen LogP contribution in [0.5, 0.6) is 0 Å². The van der Waals surface area contributed by atoms with Crippen LogP contribution in [0.4, 0.5) is 0 Å². The van der Waals surface area contributed by atoms with Crippen molar-refractivity contribution in [1.29, 1.82) is 0 Å². The molecule has 0 atom stereocenters. The summed E-state index contributed by atoms with van der Waals surface area (Å²) in [5.74, 6) is -0.983. The third-order valence-electron chi connectivity index (χ3n) is 0.788. The van der Waals surface area contributed by atoms with Crippen LogP contribution in [0.25, 0.3) is 0 Å². The van der Waals surface area contributed by atoms with Gasteiger partial charge in [-0.05, 0) is 6.92 Å². The molecule has 0 aliphatic heterocycles. The summed E-state index contributed by atoms with van der Waals surface area (Å²) in [7, 11) is 0. The molecule has 0 amide bonds. The molecule has 9 heavy (non-hydrogen) atoms. The maximum Gasteiger partial charge on any atom is 0.349 e. The number of aliphatic carboxylic acids is 1. The molecule has 0 spiro atoms. The Labute approximate surface area is 53.4 Å². The fraction of sp³-hybridized carbons (Fsp3) is 0.600. The largest absolute Gasteiger partial charge is 0.477 e. The molecule has 0 fully saturated rings. The maximum atomic E-state index is 10.0. The van der Waals surface area contributed by atoms with Crippen molar-refractivity contribution in [3.8, 4) is 0 Å². The summed E-state index contributed by atoms with van der Waals surface area (Å²) in [5.41, 5.74) is 5.19. The van der Waals surface area contributed by atoms with E-state index in [4.69, 9.17) is 10.8 Å². The molecule has 4 nitrogen and oxygen atoms in total. The van der Waals surface area contributed by atoms with Crippen molar-refractivity contribution in [2.75, 3.05) is 13.1 Å². The Hall–Kier alpha value is -0.900. The van der Waals surface area contributed by atoms with Crippen LogP contribution in [0, 0.1) is 0 Å². The minimum atomic E-state index is -0.983. The van der Waals surface area contributed by atoms with Gasteiger partial charge in [-0.15, -0.1) is 0 Å². The van der Waals surface area contributed by atoms with Crippen molar-refractivity contribution in [2.45, 2.75) is 6.92 Å². The van der Waals surface area contributed by atoms with Crippen LogP contribution in [0.2, 0.25) is 0 Å². The first-order valence-electron chi connectivity index (χ1n) is 2.63. The standard InChI is InChI=1S/C5H10N2O2/c1-4(5(8)9)7-3-2-6/h2-3,6H2,1H3,(H,8,9). The van der Waals surface area contributed by atoms with Crippen molar-refractivity contribution in [3.63, 3.8) is 0 Å². The molecule has 0 unspecified atom stereocenters. The SMILES string of the molecule is CC(=NCCN)C(=O)O. The molecule has 0 aliphatic rings. The van der Waals surface area contributed by atoms with Crippen LogP contribution < -0.4 is 5.73 Å². The Bertz CT molecular complexity index is 131. The molecule has 0 rings (SSSR count). The van der Waals surface area contributed by atoms with Gasteiger partial charge in [0, 0.05) is 6.54 Å². The molecule has 0 saturated heterocycles. The number of nitrogens with zero attached hydrogens (tertiary/aromatic N) is 1. The predicted molar refractivity (Wildman–Crippen MR) is 34.7 cm³/mol. The highest BCUT2D eigenvalue weighted by atomic mass is 16.4. The van der Waals surface area contributed by atoms with Crippen molar-refractivity contribution >= 4 is 11.7 Å². The lowest BCUT2D eigenvalue weighted by Crippen LogP contribution is -2.11. The zero-order chi connectivity index (χ0) is 7.28. The van der Waals surface area contributed by atoms with Crippen LogP contribution in [-0.4, -0.2) is 29.9 Å². The third kappa shape index (κ3) is 3.66. The van der Waals surface area contributed by atoms with Gasteiger partial charge in [0.1, 0.15) is 5.71 Å². The lowest BCUT2D eigenvalue weighted by atomic mass is 10.4. The van der Waals surface area contributed by atoms with Gasteiger partial charge in [0.2, 0.25) is 0 Å². The van der Waals surface area contributed by atoms with Crippen molar-refractivity contribution in [2.24, 2.45) is 10.7 Å². The van der Waals surface area contributed by atoms with Crippen LogP contribution in [0.1, 0.15) is 6.92 Å². The summed E-state index contributed by atoms with van der Waals surface area (Å²) in [6.45, 7) is 2.22. The van der Waals surface area contributed by atoms with Crippen LogP contribution >= 0.6 is 0 Å². The van der Waals surface area contributed by atoms with Crippen molar-refractivity contribution < 1.29 is 9.90 Å². The summed E-state index contributed by atoms with van der Waals surface area (Å²) in [6, 6.07) is 0. The van der Waals surface area contributed by atoms with E-state index in [1.54, 1.807) is 0 Å². The first-order chi connectivity index (χ1) is 4.18. The van der Waals surface area contributed by atoms with Crippen molar-refractivity contribution in [3.05, 3.63) is 0 Å². The highest BCUT2D eigenvalue weighted by Crippen LogP contribution is 1.75. The molecule has 4 heteroatoms. The second-order valence-corrected chi connectivity index (χ2v) is 1.56. The average Bonchev–Trinajstić information content (AvgIpc) is 1.82. The molecular formula is C5H10N2O2. The van der Waals surface area contributed by atoms with E-state index in [2.05, 4.69) is 4.99 Å². The number of carboxylic acids is 1. The van der Waals surface area contributed by atoms with Gasteiger partial charge in [-0.1, -0.05) is 0 Å². The lowest BCUT2D eigenvalue weighted by Gasteiger charge is -1.89. The molecule has 0 heterocycles. The highest BCUT2D eigenvalue weighted by molar-refractivity contribution is 6.34. The van der Waals surface area contributed by atoms with E-state index in [0.717, 1.165) is 0 Å². The van der Waals surface area contributed by atoms with Crippen LogP contribution in [-0.2, 0) is 4.79 Å². The third-order valence-corrected chi connectivity index (χ3v) is 0.788. The van der Waals surface area contributed by atoms with E-state index in [0.29, 0.717) is 13.1 Å². The van der Waals surface area contributed by atoms with Gasteiger partial charge >= 0.3 is 5.97 Å². The molecule has 0 bridgehead atoms. The summed E-state index contributed by atoms with van der Waals surface area (Å²) < 4.78 is 0. The van der Waals surface area contributed by atoms with Gasteiger partial charge < -0.3 is 10.8 Å². The second-order valence-electron chi connectivity index (χ2n) is 1.56. The summed E-state index contributed by atoms with van der Waals surface area (Å²) in [4.78, 5) is 13.7. The minimum Gasteiger partial charge on any atom is -0.477 e. The minimum absolute atomic E-state index is 0.112. The Morgan fingerprint density at radius 2 is 2.33 bits per heavy atom. The second kappa shape index (κ2) is 4.03. The molecular weight excluding hydrogens is 120 g/mol. The maximum absolute atomic E-state index is 10.0. The number of nitrogens with two attached hydrogens (primary N) is 1. The Balaban J connectivity index is 3.69. The van der Waals surface area contributed by atoms with Gasteiger partial charge in [-0.25, -0.2) is 4.79 Å². The molecule has 0 aliphatic carbocycles. The predicted octanol–water partition coefficient (Wildman–Crippen LogP) is -0.509.